The molecule has 8 heteroatoms. The number of anilines is 2. The first-order valence-corrected chi connectivity index (χ1v) is 14.4. The van der Waals surface area contributed by atoms with E-state index in [2.05, 4.69) is 39.8 Å². The molecule has 4 aromatic rings. The highest BCUT2D eigenvalue weighted by atomic mass is 19.1. The third-order valence-corrected chi connectivity index (χ3v) is 7.80. The van der Waals surface area contributed by atoms with Crippen molar-refractivity contribution >= 4 is 23.2 Å². The highest BCUT2D eigenvalue weighted by molar-refractivity contribution is 6.06. The second-order valence-electron chi connectivity index (χ2n) is 10.7. The summed E-state index contributed by atoms with van der Waals surface area (Å²) in [4.78, 5) is 29.0. The van der Waals surface area contributed by atoms with Crippen molar-refractivity contribution in [2.45, 2.75) is 25.8 Å². The first-order valence-electron chi connectivity index (χ1n) is 14.4. The van der Waals surface area contributed by atoms with Gasteiger partial charge in [0.1, 0.15) is 17.3 Å². The van der Waals surface area contributed by atoms with Crippen molar-refractivity contribution in [3.8, 4) is 11.5 Å². The van der Waals surface area contributed by atoms with Crippen molar-refractivity contribution in [2.75, 3.05) is 37.5 Å². The van der Waals surface area contributed by atoms with E-state index in [4.69, 9.17) is 9.47 Å². The van der Waals surface area contributed by atoms with Gasteiger partial charge in [0.25, 0.3) is 11.8 Å². The number of halogens is 1. The molecule has 0 bridgehead atoms. The molecule has 0 spiro atoms. The average molecular weight is 582 g/mol. The van der Waals surface area contributed by atoms with Crippen molar-refractivity contribution in [3.63, 3.8) is 0 Å². The van der Waals surface area contributed by atoms with Crippen LogP contribution in [0.25, 0.3) is 0 Å². The van der Waals surface area contributed by atoms with Crippen LogP contribution in [0.1, 0.15) is 44.7 Å². The predicted octanol–water partition coefficient (Wildman–Crippen LogP) is 6.48. The van der Waals surface area contributed by atoms with Gasteiger partial charge in [-0.1, -0.05) is 42.5 Å². The topological polar surface area (TPSA) is 79.9 Å². The van der Waals surface area contributed by atoms with Crippen LogP contribution in [-0.4, -0.2) is 39.1 Å². The number of piperidine rings is 1. The maximum atomic E-state index is 13.6. The van der Waals surface area contributed by atoms with Crippen LogP contribution in [0.3, 0.4) is 0 Å². The molecule has 7 nitrogen and oxygen atoms in total. The Kier molecular flexibility index (Phi) is 9.56. The van der Waals surface area contributed by atoms with E-state index in [0.717, 1.165) is 43.6 Å². The molecule has 1 saturated heterocycles. The molecule has 1 aliphatic heterocycles. The molecular weight excluding hydrogens is 545 g/mol. The Morgan fingerprint density at radius 3 is 2.14 bits per heavy atom. The molecule has 0 radical (unpaired) electrons. The number of hydrogen-bond donors (Lipinski definition) is 2. The van der Waals surface area contributed by atoms with Crippen molar-refractivity contribution in [2.24, 2.45) is 5.92 Å². The summed E-state index contributed by atoms with van der Waals surface area (Å²) in [6.45, 7) is 1.90. The Bertz CT molecular complexity index is 1530. The summed E-state index contributed by atoms with van der Waals surface area (Å²) < 4.78 is 24.0. The highest BCUT2D eigenvalue weighted by Crippen LogP contribution is 2.31. The first-order chi connectivity index (χ1) is 20.9. The number of methoxy groups -OCH3 is 2. The fraction of sp³-hybridized carbons (Fsp3) is 0.257. The van der Waals surface area contributed by atoms with Crippen molar-refractivity contribution in [1.82, 2.24) is 5.32 Å². The lowest BCUT2D eigenvalue weighted by molar-refractivity contribution is 0.0950. The van der Waals surface area contributed by atoms with Crippen LogP contribution in [0.15, 0.2) is 91.0 Å². The average Bonchev–Trinajstić information content (AvgIpc) is 3.05. The molecule has 0 saturated carbocycles. The summed E-state index contributed by atoms with van der Waals surface area (Å²) in [5.41, 5.74) is 4.26. The minimum Gasteiger partial charge on any atom is -0.497 e. The van der Waals surface area contributed by atoms with E-state index in [0.29, 0.717) is 34.2 Å². The Labute approximate surface area is 251 Å². The van der Waals surface area contributed by atoms with Gasteiger partial charge in [-0.15, -0.1) is 0 Å². The normalized spacial score (nSPS) is 13.3. The van der Waals surface area contributed by atoms with Crippen LogP contribution < -0.4 is 25.0 Å². The van der Waals surface area contributed by atoms with Gasteiger partial charge in [-0.25, -0.2) is 4.39 Å². The zero-order chi connectivity index (χ0) is 30.2. The van der Waals surface area contributed by atoms with Gasteiger partial charge < -0.3 is 25.0 Å². The van der Waals surface area contributed by atoms with Crippen molar-refractivity contribution in [1.29, 1.82) is 0 Å². The molecule has 2 N–H and O–H groups in total. The van der Waals surface area contributed by atoms with E-state index < -0.39 is 0 Å². The standard InChI is InChI=1S/C35H36FN3O4/c1-42-30-19-27(20-31(22-30)43-2)34(40)38-29-12-13-33(32(21-29)35(41)37-23-26-8-10-28(36)11-9-26)39-16-14-25(15-17-39)18-24-6-4-3-5-7-24/h3-13,19-22,25H,14-18,23H2,1-2H3,(H,37,41)(H,38,40). The Balaban J connectivity index is 1.35. The van der Waals surface area contributed by atoms with E-state index in [9.17, 15) is 14.0 Å². The third-order valence-electron chi connectivity index (χ3n) is 7.80. The second-order valence-corrected chi connectivity index (χ2v) is 10.7. The van der Waals surface area contributed by atoms with Gasteiger partial charge in [0, 0.05) is 42.6 Å². The molecule has 0 aliphatic carbocycles. The van der Waals surface area contributed by atoms with E-state index in [-0.39, 0.29) is 24.2 Å². The summed E-state index contributed by atoms with van der Waals surface area (Å²) in [5, 5.41) is 5.87. The van der Waals surface area contributed by atoms with Crippen LogP contribution in [0.2, 0.25) is 0 Å². The fourth-order valence-corrected chi connectivity index (χ4v) is 5.42. The summed E-state index contributed by atoms with van der Waals surface area (Å²) in [5.74, 6) is 0.611. The molecule has 222 valence electrons. The van der Waals surface area contributed by atoms with Crippen LogP contribution in [0.4, 0.5) is 15.8 Å². The molecule has 43 heavy (non-hydrogen) atoms. The van der Waals surface area contributed by atoms with Gasteiger partial charge in [0.2, 0.25) is 0 Å². The Hall–Kier alpha value is -4.85. The molecule has 2 amide bonds. The van der Waals surface area contributed by atoms with Crippen molar-refractivity contribution in [3.05, 3.63) is 119 Å². The SMILES string of the molecule is COc1cc(OC)cc(C(=O)Nc2ccc(N3CCC(Cc4ccccc4)CC3)c(C(=O)NCc3ccc(F)cc3)c2)c1. The maximum Gasteiger partial charge on any atom is 0.255 e. The Morgan fingerprint density at radius 2 is 1.49 bits per heavy atom. The van der Waals surface area contributed by atoms with Gasteiger partial charge >= 0.3 is 0 Å². The molecule has 4 aromatic carbocycles. The number of carbonyl (C=O) groups is 2. The zero-order valence-corrected chi connectivity index (χ0v) is 24.4. The predicted molar refractivity (Wildman–Crippen MR) is 167 cm³/mol. The summed E-state index contributed by atoms with van der Waals surface area (Å²) in [6.07, 6.45) is 3.07. The quantitative estimate of drug-likeness (QED) is 0.224. The van der Waals surface area contributed by atoms with Crippen LogP contribution in [0.5, 0.6) is 11.5 Å². The summed E-state index contributed by atoms with van der Waals surface area (Å²) in [6, 6.07) is 26.9. The number of nitrogens with zero attached hydrogens (tertiary/aromatic N) is 1. The van der Waals surface area contributed by atoms with Crippen LogP contribution >= 0.6 is 0 Å². The number of benzene rings is 4. The molecule has 5 rings (SSSR count). The minimum atomic E-state index is -0.357. The van der Waals surface area contributed by atoms with E-state index in [1.807, 2.05) is 18.2 Å². The Morgan fingerprint density at radius 1 is 0.814 bits per heavy atom. The lowest BCUT2D eigenvalue weighted by Crippen LogP contribution is -2.36. The monoisotopic (exact) mass is 581 g/mol. The molecule has 1 heterocycles. The number of nitrogens with one attached hydrogen (secondary N) is 2. The summed E-state index contributed by atoms with van der Waals surface area (Å²) >= 11 is 0. The zero-order valence-electron chi connectivity index (χ0n) is 24.4. The highest BCUT2D eigenvalue weighted by Gasteiger charge is 2.24. The smallest absolute Gasteiger partial charge is 0.255 e. The molecular formula is C35H36FN3O4. The van der Waals surface area contributed by atoms with Gasteiger partial charge in [-0.2, -0.15) is 0 Å². The molecule has 0 unspecified atom stereocenters. The van der Waals surface area contributed by atoms with E-state index in [1.54, 1.807) is 36.4 Å². The summed E-state index contributed by atoms with van der Waals surface area (Å²) in [7, 11) is 3.05. The first kappa shape index (κ1) is 29.6. The fourth-order valence-electron chi connectivity index (χ4n) is 5.42. The molecule has 0 atom stereocenters. The second kappa shape index (κ2) is 13.9. The van der Waals surface area contributed by atoms with Crippen LogP contribution in [-0.2, 0) is 13.0 Å². The van der Waals surface area contributed by atoms with E-state index in [1.165, 1.54) is 31.9 Å². The van der Waals surface area contributed by atoms with Crippen molar-refractivity contribution < 1.29 is 23.5 Å². The third kappa shape index (κ3) is 7.71. The maximum absolute atomic E-state index is 13.6. The number of ether oxygens (including phenoxy) is 2. The molecule has 0 aromatic heterocycles. The van der Waals surface area contributed by atoms with Crippen LogP contribution in [0, 0.1) is 11.7 Å². The lowest BCUT2D eigenvalue weighted by Gasteiger charge is -2.35. The molecule has 1 fully saturated rings. The van der Waals surface area contributed by atoms with Gasteiger partial charge in [0.05, 0.1) is 19.8 Å². The van der Waals surface area contributed by atoms with E-state index >= 15 is 0 Å². The molecule has 1 aliphatic rings. The number of hydrogen-bond acceptors (Lipinski definition) is 5. The lowest BCUT2D eigenvalue weighted by atomic mass is 9.89. The van der Waals surface area contributed by atoms with Gasteiger partial charge in [-0.3, -0.25) is 9.59 Å². The number of carbonyl (C=O) groups excluding carboxylic acids is 2. The number of rotatable bonds is 10. The minimum absolute atomic E-state index is 0.248. The largest absolute Gasteiger partial charge is 0.497 e. The van der Waals surface area contributed by atoms with Gasteiger partial charge in [0.15, 0.2) is 0 Å². The number of amides is 2. The van der Waals surface area contributed by atoms with Gasteiger partial charge in [-0.05, 0) is 78.8 Å².